The van der Waals surface area contributed by atoms with Gasteiger partial charge in [0.05, 0.1) is 43.6 Å². The van der Waals surface area contributed by atoms with Crippen molar-refractivity contribution in [3.05, 3.63) is 83.2 Å². The quantitative estimate of drug-likeness (QED) is 0.132. The summed E-state index contributed by atoms with van der Waals surface area (Å²) in [5.41, 5.74) is 4.89. The molecular weight excluding hydrogens is 698 g/mol. The molecule has 1 amide bonds. The maximum Gasteiger partial charge on any atom is 0.358 e. The van der Waals surface area contributed by atoms with E-state index in [0.29, 0.717) is 48.2 Å². The molecule has 5 aromatic heterocycles. The van der Waals surface area contributed by atoms with E-state index in [1.54, 1.807) is 50.2 Å². The van der Waals surface area contributed by atoms with Crippen LogP contribution in [0.2, 0.25) is 0 Å². The van der Waals surface area contributed by atoms with E-state index in [0.717, 1.165) is 46.9 Å². The number of anilines is 1. The van der Waals surface area contributed by atoms with E-state index in [2.05, 4.69) is 30.5 Å². The van der Waals surface area contributed by atoms with E-state index in [9.17, 15) is 18.4 Å². The van der Waals surface area contributed by atoms with Crippen molar-refractivity contribution in [3.63, 3.8) is 0 Å². The lowest BCUT2D eigenvalue weighted by Gasteiger charge is -2.24. The zero-order valence-electron chi connectivity index (χ0n) is 31.1. The minimum Gasteiger partial charge on any atom is -0.477 e. The highest BCUT2D eigenvalue weighted by Gasteiger charge is 2.22. The van der Waals surface area contributed by atoms with Crippen molar-refractivity contribution in [2.24, 2.45) is 25.9 Å². The van der Waals surface area contributed by atoms with Gasteiger partial charge < -0.3 is 19.5 Å². The Kier molecular flexibility index (Phi) is 11.9. The first kappa shape index (κ1) is 38.0. The van der Waals surface area contributed by atoms with Crippen molar-refractivity contribution >= 4 is 17.6 Å². The summed E-state index contributed by atoms with van der Waals surface area (Å²) in [7, 11) is 3.48. The fourth-order valence-corrected chi connectivity index (χ4v) is 6.04. The lowest BCUT2D eigenvalue weighted by Crippen LogP contribution is -2.19. The van der Waals surface area contributed by atoms with Crippen LogP contribution in [0.5, 0.6) is 11.8 Å². The van der Waals surface area contributed by atoms with Crippen LogP contribution >= 0.6 is 0 Å². The van der Waals surface area contributed by atoms with Crippen LogP contribution in [0.1, 0.15) is 77.6 Å². The minimum atomic E-state index is -0.961. The lowest BCUT2D eigenvalue weighted by molar-refractivity contribution is 0.0518. The summed E-state index contributed by atoms with van der Waals surface area (Å²) in [5, 5.41) is 10.6. The third-order valence-electron chi connectivity index (χ3n) is 9.68. The Balaban J connectivity index is 0.000000189. The van der Waals surface area contributed by atoms with Crippen molar-refractivity contribution in [2.75, 3.05) is 25.1 Å². The summed E-state index contributed by atoms with van der Waals surface area (Å²) < 4.78 is 47.2. The highest BCUT2D eigenvalue weighted by Crippen LogP contribution is 2.31. The number of hydrogen-bond donors (Lipinski definition) is 1. The van der Waals surface area contributed by atoms with Crippen LogP contribution in [0.3, 0.4) is 0 Å². The van der Waals surface area contributed by atoms with E-state index in [1.165, 1.54) is 43.2 Å². The fraction of sp³-hybridized carbons (Fsp3) is 0.410. The van der Waals surface area contributed by atoms with Gasteiger partial charge in [0, 0.05) is 49.7 Å². The molecule has 2 aliphatic carbocycles. The van der Waals surface area contributed by atoms with Gasteiger partial charge >= 0.3 is 5.97 Å². The average molecular weight is 743 g/mol. The first-order valence-corrected chi connectivity index (χ1v) is 18.1. The standard InChI is InChI=1S/C21H21F2N5O2.C18H23N3O3/c1-12-6-19(30-11-13-4-3-5-13)25-8-14(12)18-7-17(27-28(18)2)21(29)26-20-15(22)9-24-10-16(20)23;1-4-23-18(22)15-9-16(21(3)20-15)14-10-19-17(8-12(14)2)24-11-13-6-5-7-13/h6-10,13H,3-5,11H2,1-2H3,(H,24,26,29);8-10,13H,4-7,11H2,1-3H3. The molecule has 2 aliphatic rings. The van der Waals surface area contributed by atoms with Crippen LogP contribution in [-0.2, 0) is 18.8 Å². The second-order valence-corrected chi connectivity index (χ2v) is 13.6. The monoisotopic (exact) mass is 742 g/mol. The Hall–Kier alpha value is -5.73. The Morgan fingerprint density at radius 1 is 0.759 bits per heavy atom. The predicted octanol–water partition coefficient (Wildman–Crippen LogP) is 7.04. The Morgan fingerprint density at radius 2 is 1.24 bits per heavy atom. The van der Waals surface area contributed by atoms with Gasteiger partial charge in [-0.2, -0.15) is 10.2 Å². The van der Waals surface area contributed by atoms with Crippen molar-refractivity contribution in [1.29, 1.82) is 0 Å². The molecule has 0 radical (unpaired) electrons. The Morgan fingerprint density at radius 3 is 1.69 bits per heavy atom. The molecule has 284 valence electrons. The highest BCUT2D eigenvalue weighted by molar-refractivity contribution is 6.03. The van der Waals surface area contributed by atoms with Crippen LogP contribution in [0.25, 0.3) is 22.5 Å². The number of pyridine rings is 3. The summed E-state index contributed by atoms with van der Waals surface area (Å²) >= 11 is 0. The molecule has 5 heterocycles. The summed E-state index contributed by atoms with van der Waals surface area (Å²) in [6, 6.07) is 7.07. The van der Waals surface area contributed by atoms with Gasteiger partial charge in [0.25, 0.3) is 5.91 Å². The van der Waals surface area contributed by atoms with Crippen molar-refractivity contribution in [2.45, 2.75) is 59.3 Å². The second kappa shape index (κ2) is 16.9. The molecule has 0 bridgehead atoms. The van der Waals surface area contributed by atoms with Gasteiger partial charge in [0.1, 0.15) is 5.69 Å². The molecule has 0 spiro atoms. The zero-order chi connectivity index (χ0) is 38.4. The smallest absolute Gasteiger partial charge is 0.358 e. The number of nitrogens with one attached hydrogen (secondary N) is 1. The SMILES string of the molecule is CCOC(=O)c1cc(-c2cnc(OCC3CCC3)cc2C)n(C)n1.Cc1cc(OCC2CCC2)ncc1-c1cc(C(=O)Nc2c(F)cncc2F)nn1C. The average Bonchev–Trinajstić information content (AvgIpc) is 3.68. The maximum atomic E-state index is 13.7. The molecule has 0 saturated heterocycles. The normalized spacial score (nSPS) is 14.0. The molecule has 15 heteroatoms. The summed E-state index contributed by atoms with van der Waals surface area (Å²) in [6.07, 6.45) is 12.6. The number of ether oxygens (including phenoxy) is 3. The van der Waals surface area contributed by atoms with Crippen LogP contribution in [0.4, 0.5) is 14.5 Å². The molecule has 0 atom stereocenters. The first-order chi connectivity index (χ1) is 26.0. The summed E-state index contributed by atoms with van der Waals surface area (Å²) in [4.78, 5) is 36.4. The van der Waals surface area contributed by atoms with E-state index in [-0.39, 0.29) is 5.69 Å². The molecule has 54 heavy (non-hydrogen) atoms. The van der Waals surface area contributed by atoms with Gasteiger partial charge in [-0.3, -0.25) is 19.1 Å². The topological polar surface area (TPSA) is 148 Å². The van der Waals surface area contributed by atoms with Gasteiger partial charge in [0.15, 0.2) is 23.0 Å². The highest BCUT2D eigenvalue weighted by atomic mass is 19.1. The Labute approximate surface area is 312 Å². The second-order valence-electron chi connectivity index (χ2n) is 13.6. The molecular formula is C39H44F2N8O5. The number of rotatable bonds is 12. The van der Waals surface area contributed by atoms with E-state index >= 15 is 0 Å². The van der Waals surface area contributed by atoms with Gasteiger partial charge in [-0.05, 0) is 81.5 Å². The van der Waals surface area contributed by atoms with Gasteiger partial charge in [-0.1, -0.05) is 12.8 Å². The number of nitrogens with zero attached hydrogens (tertiary/aromatic N) is 7. The largest absolute Gasteiger partial charge is 0.477 e. The summed E-state index contributed by atoms with van der Waals surface area (Å²) in [6.45, 7) is 7.44. The number of halogens is 2. The first-order valence-electron chi connectivity index (χ1n) is 18.1. The number of esters is 1. The molecule has 0 aromatic carbocycles. The zero-order valence-corrected chi connectivity index (χ0v) is 31.1. The number of aromatic nitrogens is 7. The third kappa shape index (κ3) is 8.89. The maximum absolute atomic E-state index is 13.7. The van der Waals surface area contributed by atoms with E-state index in [1.807, 2.05) is 26.0 Å². The number of amides is 1. The van der Waals surface area contributed by atoms with Crippen molar-refractivity contribution in [1.82, 2.24) is 34.5 Å². The van der Waals surface area contributed by atoms with Crippen molar-refractivity contribution < 1.29 is 32.6 Å². The van der Waals surface area contributed by atoms with Crippen LogP contribution in [-0.4, -0.2) is 66.2 Å². The molecule has 1 N–H and O–H groups in total. The third-order valence-corrected chi connectivity index (χ3v) is 9.68. The van der Waals surface area contributed by atoms with Gasteiger partial charge in [-0.15, -0.1) is 0 Å². The predicted molar refractivity (Wildman–Crippen MR) is 196 cm³/mol. The van der Waals surface area contributed by atoms with Crippen LogP contribution in [0, 0.1) is 37.3 Å². The fourth-order valence-electron chi connectivity index (χ4n) is 6.04. The summed E-state index contributed by atoms with van der Waals surface area (Å²) in [5.74, 6) is -0.565. The molecule has 13 nitrogen and oxygen atoms in total. The number of aryl methyl sites for hydroxylation is 4. The molecule has 2 fully saturated rings. The van der Waals surface area contributed by atoms with E-state index in [4.69, 9.17) is 14.2 Å². The number of carbonyl (C=O) groups is 2. The number of hydrogen-bond acceptors (Lipinski definition) is 10. The molecule has 0 aliphatic heterocycles. The molecule has 5 aromatic rings. The minimum absolute atomic E-state index is 0.0211. The molecule has 2 saturated carbocycles. The Bertz CT molecular complexity index is 2110. The molecule has 0 unspecified atom stereocenters. The van der Waals surface area contributed by atoms with E-state index < -0.39 is 29.2 Å². The number of carbonyl (C=O) groups excluding carboxylic acids is 2. The lowest BCUT2D eigenvalue weighted by atomic mass is 9.86. The van der Waals surface area contributed by atoms with Crippen LogP contribution in [0.15, 0.2) is 49.1 Å². The van der Waals surface area contributed by atoms with Gasteiger partial charge in [0.2, 0.25) is 11.8 Å². The van der Waals surface area contributed by atoms with Crippen molar-refractivity contribution in [3.8, 4) is 34.3 Å². The molecule has 7 rings (SSSR count). The van der Waals surface area contributed by atoms with Crippen LogP contribution < -0.4 is 14.8 Å². The van der Waals surface area contributed by atoms with Gasteiger partial charge in [-0.25, -0.2) is 23.5 Å².